The van der Waals surface area contributed by atoms with Crippen LogP contribution in [0.4, 0.5) is 0 Å². The minimum atomic E-state index is 0.142. The van der Waals surface area contributed by atoms with Crippen LogP contribution in [0.15, 0.2) is 0 Å². The van der Waals surface area contributed by atoms with E-state index in [2.05, 4.69) is 18.7 Å². The molecule has 2 saturated heterocycles. The molecule has 0 aromatic rings. The van der Waals surface area contributed by atoms with Crippen LogP contribution in [0.25, 0.3) is 0 Å². The predicted molar refractivity (Wildman–Crippen MR) is 72.7 cm³/mol. The maximum atomic E-state index is 6.16. The minimum absolute atomic E-state index is 0.142. The zero-order valence-corrected chi connectivity index (χ0v) is 11.9. The van der Waals surface area contributed by atoms with Crippen LogP contribution in [0.5, 0.6) is 0 Å². The molecule has 0 aromatic heterocycles. The third-order valence-electron chi connectivity index (χ3n) is 4.67. The molecule has 0 radical (unpaired) electrons. The summed E-state index contributed by atoms with van der Waals surface area (Å²) in [6.07, 6.45) is 4.75. The van der Waals surface area contributed by atoms with E-state index in [1.54, 1.807) is 0 Å². The molecule has 0 saturated carbocycles. The fraction of sp³-hybridized carbons (Fsp3) is 1.00. The number of nitrogens with zero attached hydrogens (tertiary/aromatic N) is 1. The van der Waals surface area contributed by atoms with Crippen molar-refractivity contribution in [3.63, 3.8) is 0 Å². The largest absolute Gasteiger partial charge is 0.378 e. The maximum Gasteiger partial charge on any atom is 0.0622 e. The number of hydrogen-bond donors (Lipinski definition) is 1. The van der Waals surface area contributed by atoms with Gasteiger partial charge in [0, 0.05) is 31.3 Å². The molecule has 2 aliphatic heterocycles. The van der Waals surface area contributed by atoms with Crippen molar-refractivity contribution in [2.75, 3.05) is 32.9 Å². The number of ether oxygens (including phenoxy) is 2. The molecule has 0 aromatic carbocycles. The van der Waals surface area contributed by atoms with Gasteiger partial charge in [0.15, 0.2) is 0 Å². The van der Waals surface area contributed by atoms with Crippen molar-refractivity contribution in [3.05, 3.63) is 0 Å². The number of nitrogens with two attached hydrogens (primary N) is 1. The Bertz CT molecular complexity index is 262. The van der Waals surface area contributed by atoms with Crippen molar-refractivity contribution >= 4 is 0 Å². The van der Waals surface area contributed by atoms with Gasteiger partial charge in [-0.25, -0.2) is 0 Å². The van der Waals surface area contributed by atoms with Crippen molar-refractivity contribution in [3.8, 4) is 0 Å². The standard InChI is InChI=1S/C14H28N2O2/c1-3-12-10-17-8-6-16(12)14(11-15)5-7-18-13(4-2)9-14/h12-13H,3-11,15H2,1-2H3. The molecule has 2 N–H and O–H groups in total. The van der Waals surface area contributed by atoms with Crippen LogP contribution < -0.4 is 5.73 Å². The topological polar surface area (TPSA) is 47.7 Å². The summed E-state index contributed by atoms with van der Waals surface area (Å²) in [5.74, 6) is 0. The van der Waals surface area contributed by atoms with E-state index in [1.165, 1.54) is 0 Å². The second-order valence-corrected chi connectivity index (χ2v) is 5.61. The molecule has 4 heteroatoms. The van der Waals surface area contributed by atoms with Crippen LogP contribution >= 0.6 is 0 Å². The van der Waals surface area contributed by atoms with E-state index in [0.29, 0.717) is 12.1 Å². The fourth-order valence-corrected chi connectivity index (χ4v) is 3.44. The molecule has 0 spiro atoms. The SMILES string of the molecule is CCC1CC(CN)(N2CCOCC2CC)CCO1. The lowest BCUT2D eigenvalue weighted by molar-refractivity contribution is -0.120. The van der Waals surface area contributed by atoms with Crippen molar-refractivity contribution in [2.24, 2.45) is 5.73 Å². The first-order valence-electron chi connectivity index (χ1n) is 7.42. The van der Waals surface area contributed by atoms with E-state index in [-0.39, 0.29) is 5.54 Å². The van der Waals surface area contributed by atoms with Crippen molar-refractivity contribution in [2.45, 2.75) is 57.2 Å². The zero-order chi connectivity index (χ0) is 13.0. The molecule has 2 aliphatic rings. The lowest BCUT2D eigenvalue weighted by Gasteiger charge is -2.52. The predicted octanol–water partition coefficient (Wildman–Crippen LogP) is 1.38. The van der Waals surface area contributed by atoms with Gasteiger partial charge in [-0.1, -0.05) is 13.8 Å². The minimum Gasteiger partial charge on any atom is -0.378 e. The highest BCUT2D eigenvalue weighted by Gasteiger charge is 2.43. The van der Waals surface area contributed by atoms with Gasteiger partial charge in [0.05, 0.1) is 19.3 Å². The second kappa shape index (κ2) is 6.33. The summed E-state index contributed by atoms with van der Waals surface area (Å²) in [4.78, 5) is 2.63. The van der Waals surface area contributed by atoms with Crippen molar-refractivity contribution in [1.29, 1.82) is 0 Å². The van der Waals surface area contributed by atoms with Gasteiger partial charge in [0.25, 0.3) is 0 Å². The smallest absolute Gasteiger partial charge is 0.0622 e. The Morgan fingerprint density at radius 3 is 2.78 bits per heavy atom. The third kappa shape index (κ3) is 2.72. The van der Waals surface area contributed by atoms with Gasteiger partial charge in [0.2, 0.25) is 0 Å². The Morgan fingerprint density at radius 1 is 1.28 bits per heavy atom. The summed E-state index contributed by atoms with van der Waals surface area (Å²) in [5, 5.41) is 0. The highest BCUT2D eigenvalue weighted by molar-refractivity contribution is 4.99. The van der Waals surface area contributed by atoms with Crippen molar-refractivity contribution in [1.82, 2.24) is 4.90 Å². The van der Waals surface area contributed by atoms with Gasteiger partial charge in [-0.05, 0) is 25.7 Å². The first-order valence-corrected chi connectivity index (χ1v) is 7.42. The molecule has 3 unspecified atom stereocenters. The van der Waals surface area contributed by atoms with Crippen LogP contribution in [0, 0.1) is 0 Å². The van der Waals surface area contributed by atoms with E-state index in [9.17, 15) is 0 Å². The van der Waals surface area contributed by atoms with Crippen LogP contribution in [-0.2, 0) is 9.47 Å². The Hall–Kier alpha value is -0.160. The van der Waals surface area contributed by atoms with Crippen LogP contribution in [0.3, 0.4) is 0 Å². The van der Waals surface area contributed by atoms with E-state index in [0.717, 1.165) is 58.6 Å². The molecule has 0 aliphatic carbocycles. The molecule has 2 rings (SSSR count). The summed E-state index contributed by atoms with van der Waals surface area (Å²) in [7, 11) is 0. The van der Waals surface area contributed by atoms with E-state index >= 15 is 0 Å². The van der Waals surface area contributed by atoms with Gasteiger partial charge < -0.3 is 15.2 Å². The monoisotopic (exact) mass is 256 g/mol. The number of hydrogen-bond acceptors (Lipinski definition) is 4. The van der Waals surface area contributed by atoms with E-state index < -0.39 is 0 Å². The Labute approximate surface area is 111 Å². The maximum absolute atomic E-state index is 6.16. The number of rotatable bonds is 4. The third-order valence-corrected chi connectivity index (χ3v) is 4.67. The van der Waals surface area contributed by atoms with Gasteiger partial charge in [-0.2, -0.15) is 0 Å². The summed E-state index contributed by atoms with van der Waals surface area (Å²) in [5.41, 5.74) is 6.31. The summed E-state index contributed by atoms with van der Waals surface area (Å²) in [6.45, 7) is 8.76. The van der Waals surface area contributed by atoms with E-state index in [4.69, 9.17) is 15.2 Å². The molecule has 0 amide bonds. The lowest BCUT2D eigenvalue weighted by atomic mass is 9.82. The first-order chi connectivity index (χ1) is 8.75. The van der Waals surface area contributed by atoms with Gasteiger partial charge in [-0.3, -0.25) is 4.90 Å². The highest BCUT2D eigenvalue weighted by Crippen LogP contribution is 2.34. The number of morpholine rings is 1. The molecular formula is C14H28N2O2. The summed E-state index contributed by atoms with van der Waals surface area (Å²) >= 11 is 0. The quantitative estimate of drug-likeness (QED) is 0.825. The van der Waals surface area contributed by atoms with Crippen LogP contribution in [0.1, 0.15) is 39.5 Å². The second-order valence-electron chi connectivity index (χ2n) is 5.61. The average molecular weight is 256 g/mol. The fourth-order valence-electron chi connectivity index (χ4n) is 3.44. The molecule has 3 atom stereocenters. The highest BCUT2D eigenvalue weighted by atomic mass is 16.5. The Balaban J connectivity index is 2.13. The molecular weight excluding hydrogens is 228 g/mol. The normalized spacial score (nSPS) is 38.8. The first kappa shape index (κ1) is 14.3. The van der Waals surface area contributed by atoms with E-state index in [1.807, 2.05) is 0 Å². The summed E-state index contributed by atoms with van der Waals surface area (Å²) < 4.78 is 11.5. The van der Waals surface area contributed by atoms with Gasteiger partial charge in [0.1, 0.15) is 0 Å². The molecule has 18 heavy (non-hydrogen) atoms. The van der Waals surface area contributed by atoms with Crippen LogP contribution in [0.2, 0.25) is 0 Å². The molecule has 4 nitrogen and oxygen atoms in total. The van der Waals surface area contributed by atoms with Crippen molar-refractivity contribution < 1.29 is 9.47 Å². The molecule has 0 bridgehead atoms. The Morgan fingerprint density at radius 2 is 2.11 bits per heavy atom. The Kier molecular flexibility index (Phi) is 5.01. The molecule has 106 valence electrons. The molecule has 2 fully saturated rings. The van der Waals surface area contributed by atoms with Gasteiger partial charge >= 0.3 is 0 Å². The van der Waals surface area contributed by atoms with Crippen LogP contribution in [-0.4, -0.2) is 55.5 Å². The zero-order valence-electron chi connectivity index (χ0n) is 11.9. The summed E-state index contributed by atoms with van der Waals surface area (Å²) in [6, 6.07) is 0.526. The lowest BCUT2D eigenvalue weighted by Crippen LogP contribution is -2.64. The molecule has 2 heterocycles. The average Bonchev–Trinajstić information content (AvgIpc) is 2.47. The van der Waals surface area contributed by atoms with Gasteiger partial charge in [-0.15, -0.1) is 0 Å².